The predicted octanol–water partition coefficient (Wildman–Crippen LogP) is 0.380. The summed E-state index contributed by atoms with van der Waals surface area (Å²) in [5, 5.41) is 0. The average Bonchev–Trinajstić information content (AvgIpc) is 2.37. The van der Waals surface area contributed by atoms with Crippen molar-refractivity contribution in [2.45, 2.75) is 32.2 Å². The van der Waals surface area contributed by atoms with E-state index < -0.39 is 22.0 Å². The van der Waals surface area contributed by atoms with Crippen LogP contribution in [0.5, 0.6) is 0 Å². The van der Waals surface area contributed by atoms with Gasteiger partial charge in [-0.2, -0.15) is 4.31 Å². The number of carbonyl (C=O) groups excluding carboxylic acids is 1. The van der Waals surface area contributed by atoms with Gasteiger partial charge in [0, 0.05) is 13.7 Å². The summed E-state index contributed by atoms with van der Waals surface area (Å²) >= 11 is 0. The lowest BCUT2D eigenvalue weighted by atomic mass is 10.1. The van der Waals surface area contributed by atoms with E-state index in [9.17, 15) is 13.2 Å². The van der Waals surface area contributed by atoms with Crippen LogP contribution in [0.4, 0.5) is 0 Å². The number of methoxy groups -OCH3 is 1. The second kappa shape index (κ2) is 7.06. The van der Waals surface area contributed by atoms with Gasteiger partial charge in [-0.05, 0) is 26.2 Å². The summed E-state index contributed by atoms with van der Waals surface area (Å²) in [6.45, 7) is 2.50. The molecule has 1 atom stereocenters. The standard InChI is InChI=1S/C11H21NO5S/c1-3-17-11(13)10-6-4-5-7-12(10)18(14,15)9-8-16-2/h10H,3-9H2,1-2H3. The first-order valence-corrected chi connectivity index (χ1v) is 7.79. The summed E-state index contributed by atoms with van der Waals surface area (Å²) in [6.07, 6.45) is 2.16. The van der Waals surface area contributed by atoms with Crippen molar-refractivity contribution in [3.05, 3.63) is 0 Å². The van der Waals surface area contributed by atoms with Crippen molar-refractivity contribution in [3.63, 3.8) is 0 Å². The fourth-order valence-electron chi connectivity index (χ4n) is 2.02. The minimum absolute atomic E-state index is 0.0978. The Kier molecular flexibility index (Phi) is 6.04. The number of nitrogens with zero attached hydrogens (tertiary/aromatic N) is 1. The Labute approximate surface area is 108 Å². The average molecular weight is 279 g/mol. The smallest absolute Gasteiger partial charge is 0.324 e. The van der Waals surface area contributed by atoms with Gasteiger partial charge in [0.2, 0.25) is 10.0 Å². The molecule has 0 aromatic carbocycles. The SMILES string of the molecule is CCOC(=O)C1CCCCN1S(=O)(=O)CCOC. The van der Waals surface area contributed by atoms with Gasteiger partial charge in [0.05, 0.1) is 19.0 Å². The molecule has 1 unspecified atom stereocenters. The molecule has 1 aliphatic heterocycles. The predicted molar refractivity (Wildman–Crippen MR) is 66.6 cm³/mol. The highest BCUT2D eigenvalue weighted by molar-refractivity contribution is 7.89. The summed E-state index contributed by atoms with van der Waals surface area (Å²) in [4.78, 5) is 11.8. The van der Waals surface area contributed by atoms with Crippen molar-refractivity contribution in [2.75, 3.05) is 32.6 Å². The summed E-state index contributed by atoms with van der Waals surface area (Å²) in [6, 6.07) is -0.666. The minimum Gasteiger partial charge on any atom is -0.465 e. The van der Waals surface area contributed by atoms with Crippen LogP contribution in [0, 0.1) is 0 Å². The summed E-state index contributed by atoms with van der Waals surface area (Å²) in [5.41, 5.74) is 0. The number of carbonyl (C=O) groups is 1. The van der Waals surface area contributed by atoms with Gasteiger partial charge in [-0.1, -0.05) is 0 Å². The Balaban J connectivity index is 2.78. The molecule has 1 heterocycles. The zero-order chi connectivity index (χ0) is 13.6. The third kappa shape index (κ3) is 3.93. The fraction of sp³-hybridized carbons (Fsp3) is 0.909. The van der Waals surface area contributed by atoms with Crippen molar-refractivity contribution in [1.29, 1.82) is 0 Å². The van der Waals surface area contributed by atoms with Crippen LogP contribution in [0.3, 0.4) is 0 Å². The lowest BCUT2D eigenvalue weighted by Crippen LogP contribution is -2.49. The van der Waals surface area contributed by atoms with Crippen LogP contribution in [0.15, 0.2) is 0 Å². The number of rotatable bonds is 6. The highest BCUT2D eigenvalue weighted by atomic mass is 32.2. The van der Waals surface area contributed by atoms with E-state index in [0.717, 1.165) is 12.8 Å². The maximum Gasteiger partial charge on any atom is 0.324 e. The van der Waals surface area contributed by atoms with E-state index >= 15 is 0 Å². The van der Waals surface area contributed by atoms with Crippen LogP contribution < -0.4 is 0 Å². The van der Waals surface area contributed by atoms with Crippen LogP contribution in [-0.4, -0.2) is 57.4 Å². The van der Waals surface area contributed by atoms with Crippen LogP contribution in [-0.2, 0) is 24.3 Å². The Bertz CT molecular complexity index is 368. The Hall–Kier alpha value is -0.660. The molecule has 0 radical (unpaired) electrons. The van der Waals surface area contributed by atoms with E-state index in [0.29, 0.717) is 13.0 Å². The summed E-state index contributed by atoms with van der Waals surface area (Å²) < 4.78 is 35.2. The molecule has 0 N–H and O–H groups in total. The molecule has 0 saturated carbocycles. The molecule has 0 amide bonds. The van der Waals surface area contributed by atoms with E-state index in [2.05, 4.69) is 0 Å². The largest absolute Gasteiger partial charge is 0.465 e. The molecule has 1 aliphatic rings. The number of piperidine rings is 1. The second-order valence-electron chi connectivity index (χ2n) is 4.18. The zero-order valence-electron chi connectivity index (χ0n) is 10.9. The van der Waals surface area contributed by atoms with Gasteiger partial charge in [-0.25, -0.2) is 8.42 Å². The van der Waals surface area contributed by atoms with Gasteiger partial charge < -0.3 is 9.47 Å². The van der Waals surface area contributed by atoms with Gasteiger partial charge >= 0.3 is 5.97 Å². The van der Waals surface area contributed by atoms with Crippen LogP contribution in [0.2, 0.25) is 0 Å². The number of hydrogen-bond donors (Lipinski definition) is 0. The first kappa shape index (κ1) is 15.4. The number of hydrogen-bond acceptors (Lipinski definition) is 5. The Morgan fingerprint density at radius 2 is 2.11 bits per heavy atom. The van der Waals surface area contributed by atoms with Crippen molar-refractivity contribution in [2.24, 2.45) is 0 Å². The molecule has 106 valence electrons. The molecule has 6 nitrogen and oxygen atoms in total. The first-order chi connectivity index (χ1) is 8.53. The molecule has 7 heteroatoms. The van der Waals surface area contributed by atoms with Crippen molar-refractivity contribution >= 4 is 16.0 Å². The first-order valence-electron chi connectivity index (χ1n) is 6.18. The second-order valence-corrected chi connectivity index (χ2v) is 6.22. The molecule has 0 bridgehead atoms. The van der Waals surface area contributed by atoms with Gasteiger partial charge in [0.1, 0.15) is 6.04 Å². The topological polar surface area (TPSA) is 72.9 Å². The van der Waals surface area contributed by atoms with Crippen molar-refractivity contribution in [3.8, 4) is 0 Å². The van der Waals surface area contributed by atoms with E-state index in [-0.39, 0.29) is 19.0 Å². The van der Waals surface area contributed by atoms with E-state index in [4.69, 9.17) is 9.47 Å². The van der Waals surface area contributed by atoms with E-state index in [1.54, 1.807) is 6.92 Å². The Morgan fingerprint density at radius 1 is 1.39 bits per heavy atom. The van der Waals surface area contributed by atoms with E-state index in [1.165, 1.54) is 11.4 Å². The zero-order valence-corrected chi connectivity index (χ0v) is 11.7. The fourth-order valence-corrected chi connectivity index (χ4v) is 3.62. The molecule has 0 aliphatic carbocycles. The molecule has 1 rings (SSSR count). The number of esters is 1. The van der Waals surface area contributed by atoms with Crippen molar-refractivity contribution < 1.29 is 22.7 Å². The third-order valence-electron chi connectivity index (χ3n) is 2.92. The van der Waals surface area contributed by atoms with Crippen LogP contribution >= 0.6 is 0 Å². The summed E-state index contributed by atoms with van der Waals surface area (Å²) in [5.74, 6) is -0.544. The van der Waals surface area contributed by atoms with Gasteiger partial charge in [0.15, 0.2) is 0 Å². The minimum atomic E-state index is -3.45. The maximum absolute atomic E-state index is 12.1. The maximum atomic E-state index is 12.1. The third-order valence-corrected chi connectivity index (χ3v) is 4.75. The lowest BCUT2D eigenvalue weighted by molar-refractivity contribution is -0.148. The molecule has 18 heavy (non-hydrogen) atoms. The molecule has 1 fully saturated rings. The van der Waals surface area contributed by atoms with Crippen molar-refractivity contribution in [1.82, 2.24) is 4.31 Å². The van der Waals surface area contributed by atoms with Gasteiger partial charge in [0.25, 0.3) is 0 Å². The monoisotopic (exact) mass is 279 g/mol. The summed E-state index contributed by atoms with van der Waals surface area (Å²) in [7, 11) is -2.00. The lowest BCUT2D eigenvalue weighted by Gasteiger charge is -2.32. The number of sulfonamides is 1. The van der Waals surface area contributed by atoms with Gasteiger partial charge in [-0.15, -0.1) is 0 Å². The van der Waals surface area contributed by atoms with Crippen LogP contribution in [0.25, 0.3) is 0 Å². The quantitative estimate of drug-likeness (QED) is 0.657. The molecule has 0 aromatic heterocycles. The molecule has 0 aromatic rings. The highest BCUT2D eigenvalue weighted by Gasteiger charge is 2.37. The van der Waals surface area contributed by atoms with E-state index in [1.807, 2.05) is 0 Å². The molecule has 0 spiro atoms. The molecular formula is C11H21NO5S. The van der Waals surface area contributed by atoms with Gasteiger partial charge in [-0.3, -0.25) is 4.79 Å². The molecule has 1 saturated heterocycles. The number of ether oxygens (including phenoxy) is 2. The molecular weight excluding hydrogens is 258 g/mol. The normalized spacial score (nSPS) is 21.8. The Morgan fingerprint density at radius 3 is 2.72 bits per heavy atom. The highest BCUT2D eigenvalue weighted by Crippen LogP contribution is 2.21. The van der Waals surface area contributed by atoms with Crippen LogP contribution in [0.1, 0.15) is 26.2 Å².